The van der Waals surface area contributed by atoms with Gasteiger partial charge in [-0.25, -0.2) is 4.39 Å². The standard InChI is InChI=1S/C10H13BrFN3O/c1-14-10(16)5-15(2)9-3-6(11)7(12)4-8(9)13/h3-4H,5,13H2,1-2H3,(H,14,16). The minimum absolute atomic E-state index is 0.137. The van der Waals surface area contributed by atoms with Crippen LogP contribution in [0.5, 0.6) is 0 Å². The van der Waals surface area contributed by atoms with E-state index in [1.807, 2.05) is 0 Å². The molecule has 1 amide bonds. The highest BCUT2D eigenvalue weighted by molar-refractivity contribution is 9.10. The molecule has 0 aromatic heterocycles. The lowest BCUT2D eigenvalue weighted by Gasteiger charge is -2.20. The molecule has 0 aliphatic rings. The van der Waals surface area contributed by atoms with E-state index in [2.05, 4.69) is 21.2 Å². The summed E-state index contributed by atoms with van der Waals surface area (Å²) in [5, 5.41) is 2.50. The fraction of sp³-hybridized carbons (Fsp3) is 0.300. The van der Waals surface area contributed by atoms with Crippen LogP contribution in [-0.4, -0.2) is 26.5 Å². The lowest BCUT2D eigenvalue weighted by molar-refractivity contribution is -0.119. The van der Waals surface area contributed by atoms with Crippen molar-refractivity contribution >= 4 is 33.2 Å². The molecule has 0 heterocycles. The van der Waals surface area contributed by atoms with Crippen molar-refractivity contribution in [3.63, 3.8) is 0 Å². The van der Waals surface area contributed by atoms with Crippen molar-refractivity contribution in [2.75, 3.05) is 31.3 Å². The van der Waals surface area contributed by atoms with Crippen molar-refractivity contribution < 1.29 is 9.18 Å². The van der Waals surface area contributed by atoms with Gasteiger partial charge in [0.15, 0.2) is 0 Å². The van der Waals surface area contributed by atoms with Crippen molar-refractivity contribution in [1.82, 2.24) is 5.32 Å². The first-order valence-electron chi connectivity index (χ1n) is 4.62. The number of carbonyl (C=O) groups excluding carboxylic acids is 1. The number of hydrogen-bond donors (Lipinski definition) is 2. The maximum Gasteiger partial charge on any atom is 0.239 e. The van der Waals surface area contributed by atoms with Gasteiger partial charge in [0.2, 0.25) is 5.91 Å². The molecule has 1 aromatic carbocycles. The average molecular weight is 290 g/mol. The number of rotatable bonds is 3. The van der Waals surface area contributed by atoms with Gasteiger partial charge >= 0.3 is 0 Å². The number of nitrogens with zero attached hydrogens (tertiary/aromatic N) is 1. The van der Waals surface area contributed by atoms with Gasteiger partial charge in [0.05, 0.1) is 22.4 Å². The van der Waals surface area contributed by atoms with E-state index in [4.69, 9.17) is 5.73 Å². The van der Waals surface area contributed by atoms with Crippen molar-refractivity contribution in [1.29, 1.82) is 0 Å². The van der Waals surface area contributed by atoms with E-state index >= 15 is 0 Å². The lowest BCUT2D eigenvalue weighted by atomic mass is 10.2. The first kappa shape index (κ1) is 12.8. The summed E-state index contributed by atoms with van der Waals surface area (Å²) in [6.07, 6.45) is 0. The van der Waals surface area contributed by atoms with Crippen molar-refractivity contribution in [2.45, 2.75) is 0 Å². The van der Waals surface area contributed by atoms with E-state index in [1.165, 1.54) is 6.07 Å². The van der Waals surface area contributed by atoms with Gasteiger partial charge in [-0.15, -0.1) is 0 Å². The van der Waals surface area contributed by atoms with Gasteiger partial charge in [-0.3, -0.25) is 4.79 Å². The number of amides is 1. The van der Waals surface area contributed by atoms with Gasteiger partial charge in [0, 0.05) is 20.2 Å². The summed E-state index contributed by atoms with van der Waals surface area (Å²) in [6, 6.07) is 2.77. The molecule has 0 bridgehead atoms. The van der Waals surface area contributed by atoms with E-state index in [0.29, 0.717) is 15.8 Å². The summed E-state index contributed by atoms with van der Waals surface area (Å²) in [5.74, 6) is -0.558. The van der Waals surface area contributed by atoms with E-state index in [-0.39, 0.29) is 12.5 Å². The Hall–Kier alpha value is -1.30. The highest BCUT2D eigenvalue weighted by Crippen LogP contribution is 2.28. The van der Waals surface area contributed by atoms with Crippen LogP contribution in [0.15, 0.2) is 16.6 Å². The van der Waals surface area contributed by atoms with Crippen molar-refractivity contribution in [3.8, 4) is 0 Å². The molecule has 0 fully saturated rings. The summed E-state index contributed by atoms with van der Waals surface area (Å²) >= 11 is 3.07. The zero-order chi connectivity index (χ0) is 12.3. The molecule has 3 N–H and O–H groups in total. The third-order valence-corrected chi connectivity index (χ3v) is 2.75. The van der Waals surface area contributed by atoms with Crippen LogP contribution < -0.4 is 16.0 Å². The molecule has 0 radical (unpaired) electrons. The molecule has 0 atom stereocenters. The van der Waals surface area contributed by atoms with Crippen LogP contribution in [0, 0.1) is 5.82 Å². The van der Waals surface area contributed by atoms with Crippen LogP contribution >= 0.6 is 15.9 Å². The quantitative estimate of drug-likeness (QED) is 0.826. The van der Waals surface area contributed by atoms with Gasteiger partial charge in [-0.1, -0.05) is 0 Å². The molecule has 88 valence electrons. The number of hydrogen-bond acceptors (Lipinski definition) is 3. The van der Waals surface area contributed by atoms with Gasteiger partial charge in [-0.2, -0.15) is 0 Å². The maximum atomic E-state index is 13.1. The molecule has 0 aliphatic carbocycles. The normalized spacial score (nSPS) is 10.0. The third kappa shape index (κ3) is 2.85. The Balaban J connectivity index is 2.95. The predicted molar refractivity (Wildman–Crippen MR) is 65.8 cm³/mol. The molecule has 0 spiro atoms. The van der Waals surface area contributed by atoms with Crippen LogP contribution in [0.2, 0.25) is 0 Å². The van der Waals surface area contributed by atoms with Crippen LogP contribution in [0.25, 0.3) is 0 Å². The molecular formula is C10H13BrFN3O. The molecule has 16 heavy (non-hydrogen) atoms. The Labute approximate surface area is 102 Å². The van der Waals surface area contributed by atoms with E-state index in [0.717, 1.165) is 0 Å². The second-order valence-corrected chi connectivity index (χ2v) is 4.21. The fourth-order valence-corrected chi connectivity index (χ4v) is 1.59. The summed E-state index contributed by atoms with van der Waals surface area (Å²) in [4.78, 5) is 12.8. The maximum absolute atomic E-state index is 13.1. The third-order valence-electron chi connectivity index (χ3n) is 2.14. The van der Waals surface area contributed by atoms with Crippen LogP contribution in [-0.2, 0) is 4.79 Å². The van der Waals surface area contributed by atoms with Crippen molar-refractivity contribution in [3.05, 3.63) is 22.4 Å². The molecular weight excluding hydrogens is 277 g/mol. The fourth-order valence-electron chi connectivity index (χ4n) is 1.26. The van der Waals surface area contributed by atoms with Gasteiger partial charge < -0.3 is 16.0 Å². The minimum Gasteiger partial charge on any atom is -0.397 e. The van der Waals surface area contributed by atoms with E-state index < -0.39 is 5.82 Å². The Kier molecular flexibility index (Phi) is 4.12. The number of anilines is 2. The largest absolute Gasteiger partial charge is 0.397 e. The summed E-state index contributed by atoms with van der Waals surface area (Å²) < 4.78 is 13.4. The average Bonchev–Trinajstić information content (AvgIpc) is 2.23. The van der Waals surface area contributed by atoms with Crippen molar-refractivity contribution in [2.24, 2.45) is 0 Å². The van der Waals surface area contributed by atoms with Gasteiger partial charge in [-0.05, 0) is 22.0 Å². The highest BCUT2D eigenvalue weighted by Gasteiger charge is 2.11. The van der Waals surface area contributed by atoms with Crippen LogP contribution in [0.3, 0.4) is 0 Å². The molecule has 1 rings (SSSR count). The number of nitrogen functional groups attached to an aromatic ring is 1. The van der Waals surface area contributed by atoms with Gasteiger partial charge in [0.1, 0.15) is 5.82 Å². The molecule has 4 nitrogen and oxygen atoms in total. The summed E-state index contributed by atoms with van der Waals surface area (Å²) in [5.41, 5.74) is 6.58. The second-order valence-electron chi connectivity index (χ2n) is 3.35. The zero-order valence-electron chi connectivity index (χ0n) is 9.05. The Morgan fingerprint density at radius 2 is 2.25 bits per heavy atom. The first-order valence-corrected chi connectivity index (χ1v) is 5.41. The van der Waals surface area contributed by atoms with E-state index in [1.54, 1.807) is 25.1 Å². The second kappa shape index (κ2) is 5.16. The number of carbonyl (C=O) groups is 1. The molecule has 0 unspecified atom stereocenters. The predicted octanol–water partition coefficient (Wildman–Crippen LogP) is 1.35. The summed E-state index contributed by atoms with van der Waals surface area (Å²) in [7, 11) is 3.27. The molecule has 0 saturated heterocycles. The Morgan fingerprint density at radius 1 is 1.62 bits per heavy atom. The Bertz CT molecular complexity index is 411. The molecule has 0 saturated carbocycles. The molecule has 0 aliphatic heterocycles. The number of benzene rings is 1. The number of nitrogens with two attached hydrogens (primary N) is 1. The number of halogens is 2. The monoisotopic (exact) mass is 289 g/mol. The highest BCUT2D eigenvalue weighted by atomic mass is 79.9. The number of likely N-dealkylation sites (N-methyl/N-ethyl adjacent to an activating group) is 2. The first-order chi connectivity index (χ1) is 7.45. The topological polar surface area (TPSA) is 58.4 Å². The lowest BCUT2D eigenvalue weighted by Crippen LogP contribution is -2.33. The summed E-state index contributed by atoms with van der Waals surface area (Å²) in [6.45, 7) is 0.165. The molecule has 6 heteroatoms. The number of nitrogens with one attached hydrogen (secondary N) is 1. The smallest absolute Gasteiger partial charge is 0.239 e. The minimum atomic E-state index is -0.422. The van der Waals surface area contributed by atoms with E-state index in [9.17, 15) is 9.18 Å². The van der Waals surface area contributed by atoms with Crippen LogP contribution in [0.1, 0.15) is 0 Å². The zero-order valence-corrected chi connectivity index (χ0v) is 10.6. The van der Waals surface area contributed by atoms with Gasteiger partial charge in [0.25, 0.3) is 0 Å². The van der Waals surface area contributed by atoms with Crippen LogP contribution in [0.4, 0.5) is 15.8 Å². The SMILES string of the molecule is CNC(=O)CN(C)c1cc(Br)c(F)cc1N. The Morgan fingerprint density at radius 3 is 2.81 bits per heavy atom. The molecule has 1 aromatic rings.